The molecule has 2 rings (SSSR count). The first-order chi connectivity index (χ1) is 12.5. The Morgan fingerprint density at radius 3 is 2.04 bits per heavy atom. The third-order valence-corrected chi connectivity index (χ3v) is 6.53. The van der Waals surface area contributed by atoms with Crippen LogP contribution in [-0.2, 0) is 13.6 Å². The molecule has 0 heterocycles. The third-order valence-electron chi connectivity index (χ3n) is 3.60. The van der Waals surface area contributed by atoms with Crippen molar-refractivity contribution in [1.29, 1.82) is 0 Å². The van der Waals surface area contributed by atoms with Gasteiger partial charge in [0, 0.05) is 15.2 Å². The van der Waals surface area contributed by atoms with Gasteiger partial charge in [-0.3, -0.25) is 4.57 Å². The monoisotopic (exact) mass is 459 g/mol. The lowest BCUT2D eigenvalue weighted by molar-refractivity contribution is 0.199. The predicted molar refractivity (Wildman–Crippen MR) is 112 cm³/mol. The maximum Gasteiger partial charge on any atom is 0.357 e. The summed E-state index contributed by atoms with van der Waals surface area (Å²) in [6, 6.07) is 14.9. The fourth-order valence-corrected chi connectivity index (χ4v) is 4.80. The third kappa shape index (κ3) is 6.11. The van der Waals surface area contributed by atoms with Crippen molar-refractivity contribution in [3.05, 3.63) is 63.6 Å². The number of hydrogen-bond donors (Lipinski definition) is 1. The quantitative estimate of drug-likeness (QED) is 0.379. The van der Waals surface area contributed by atoms with Gasteiger partial charge in [-0.05, 0) is 54.8 Å². The van der Waals surface area contributed by atoms with Crippen LogP contribution in [0.5, 0.6) is 0 Å². The van der Waals surface area contributed by atoms with E-state index in [1.165, 1.54) is 0 Å². The number of nitrogens with one attached hydrogen (secondary N) is 1. The summed E-state index contributed by atoms with van der Waals surface area (Å²) in [4.78, 5) is 0. The summed E-state index contributed by atoms with van der Waals surface area (Å²) in [7, 11) is -3.44. The SMILES string of the molecule is CCCOP(=O)(OCCC)[C@@H](Nc1ccc(Cl)cc1)c1ccc(Br)cc1. The minimum atomic E-state index is -3.44. The van der Waals surface area contributed by atoms with E-state index < -0.39 is 13.4 Å². The van der Waals surface area contributed by atoms with Crippen molar-refractivity contribution in [1.82, 2.24) is 0 Å². The summed E-state index contributed by atoms with van der Waals surface area (Å²) in [5.41, 5.74) is 1.63. The van der Waals surface area contributed by atoms with Gasteiger partial charge in [-0.15, -0.1) is 0 Å². The fraction of sp³-hybridized carbons (Fsp3) is 0.368. The molecule has 0 radical (unpaired) electrons. The summed E-state index contributed by atoms with van der Waals surface area (Å²) < 4.78 is 26.1. The van der Waals surface area contributed by atoms with E-state index in [0.717, 1.165) is 28.6 Å². The molecular weight excluding hydrogens is 437 g/mol. The van der Waals surface area contributed by atoms with E-state index >= 15 is 0 Å². The predicted octanol–water partition coefficient (Wildman–Crippen LogP) is 7.26. The molecular formula is C19H24BrClNO3P. The summed E-state index contributed by atoms with van der Waals surface area (Å²) in [5, 5.41) is 3.96. The summed E-state index contributed by atoms with van der Waals surface area (Å²) in [6.07, 6.45) is 1.51. The zero-order valence-corrected chi connectivity index (χ0v) is 18.2. The molecule has 0 saturated heterocycles. The van der Waals surface area contributed by atoms with Crippen molar-refractivity contribution in [2.75, 3.05) is 18.5 Å². The van der Waals surface area contributed by atoms with Crippen LogP contribution in [0.15, 0.2) is 53.0 Å². The van der Waals surface area contributed by atoms with Crippen LogP contribution in [0.25, 0.3) is 0 Å². The van der Waals surface area contributed by atoms with Gasteiger partial charge in [-0.2, -0.15) is 0 Å². The minimum absolute atomic E-state index is 0.371. The number of benzene rings is 2. The Hall–Kier alpha value is -0.840. The molecule has 1 atom stereocenters. The fourth-order valence-electron chi connectivity index (χ4n) is 2.32. The topological polar surface area (TPSA) is 47.6 Å². The number of hydrogen-bond acceptors (Lipinski definition) is 4. The first-order valence-electron chi connectivity index (χ1n) is 8.65. The van der Waals surface area contributed by atoms with E-state index in [9.17, 15) is 4.57 Å². The maximum atomic E-state index is 13.6. The van der Waals surface area contributed by atoms with Gasteiger partial charge in [0.1, 0.15) is 0 Å². The summed E-state index contributed by atoms with van der Waals surface area (Å²) in [6.45, 7) is 4.70. The van der Waals surface area contributed by atoms with E-state index in [-0.39, 0.29) is 0 Å². The van der Waals surface area contributed by atoms with E-state index in [1.54, 1.807) is 12.1 Å². The zero-order chi connectivity index (χ0) is 19.0. The van der Waals surface area contributed by atoms with Crippen molar-refractivity contribution < 1.29 is 13.6 Å². The molecule has 0 bridgehead atoms. The second kappa shape index (κ2) is 10.5. The van der Waals surface area contributed by atoms with Crippen LogP contribution in [-0.4, -0.2) is 13.2 Å². The smallest absolute Gasteiger partial charge is 0.357 e. The van der Waals surface area contributed by atoms with E-state index in [0.29, 0.717) is 18.2 Å². The highest BCUT2D eigenvalue weighted by Gasteiger charge is 2.37. The first-order valence-corrected chi connectivity index (χ1v) is 11.4. The van der Waals surface area contributed by atoms with Crippen molar-refractivity contribution in [2.24, 2.45) is 0 Å². The molecule has 0 saturated carbocycles. The Bertz CT molecular complexity index is 713. The molecule has 0 fully saturated rings. The van der Waals surface area contributed by atoms with Gasteiger partial charge >= 0.3 is 7.60 Å². The van der Waals surface area contributed by atoms with Gasteiger partial charge in [-0.25, -0.2) is 0 Å². The largest absolute Gasteiger partial charge is 0.368 e. The van der Waals surface area contributed by atoms with E-state index in [2.05, 4.69) is 21.2 Å². The summed E-state index contributed by atoms with van der Waals surface area (Å²) >= 11 is 9.41. The zero-order valence-electron chi connectivity index (χ0n) is 15.0. The van der Waals surface area contributed by atoms with Crippen LogP contribution in [0.2, 0.25) is 5.02 Å². The van der Waals surface area contributed by atoms with Gasteiger partial charge < -0.3 is 14.4 Å². The molecule has 0 unspecified atom stereocenters. The molecule has 0 aliphatic heterocycles. The molecule has 7 heteroatoms. The molecule has 0 aliphatic rings. The van der Waals surface area contributed by atoms with Gasteiger partial charge in [0.05, 0.1) is 13.2 Å². The molecule has 0 spiro atoms. The Balaban J connectivity index is 2.39. The highest BCUT2D eigenvalue weighted by Crippen LogP contribution is 2.61. The van der Waals surface area contributed by atoms with Crippen molar-refractivity contribution in [2.45, 2.75) is 32.5 Å². The average Bonchev–Trinajstić information content (AvgIpc) is 2.65. The van der Waals surface area contributed by atoms with Crippen LogP contribution in [0.3, 0.4) is 0 Å². The standard InChI is InChI=1S/C19H24BrClNO3P/c1-3-13-24-26(23,25-14-4-2)19(15-5-7-16(20)8-6-15)22-18-11-9-17(21)10-12-18/h5-12,19,22H,3-4,13-14H2,1-2H3/t19-/m1/s1. The Morgan fingerprint density at radius 2 is 1.54 bits per heavy atom. The normalized spacial score (nSPS) is 12.8. The first kappa shape index (κ1) is 21.5. The lowest BCUT2D eigenvalue weighted by Crippen LogP contribution is -2.16. The number of halogens is 2. The van der Waals surface area contributed by atoms with Crippen LogP contribution in [0, 0.1) is 0 Å². The second-order valence-corrected chi connectivity index (χ2v) is 9.28. The molecule has 0 aliphatic carbocycles. The molecule has 142 valence electrons. The van der Waals surface area contributed by atoms with Gasteiger partial charge in [0.2, 0.25) is 0 Å². The molecule has 26 heavy (non-hydrogen) atoms. The van der Waals surface area contributed by atoms with E-state index in [4.69, 9.17) is 20.6 Å². The maximum absolute atomic E-state index is 13.6. The van der Waals surface area contributed by atoms with Crippen LogP contribution >= 0.6 is 35.1 Å². The Kier molecular flexibility index (Phi) is 8.65. The average molecular weight is 461 g/mol. The van der Waals surface area contributed by atoms with Gasteiger partial charge in [0.15, 0.2) is 5.78 Å². The molecule has 0 amide bonds. The van der Waals surface area contributed by atoms with Crippen molar-refractivity contribution in [3.8, 4) is 0 Å². The number of rotatable bonds is 10. The molecule has 4 nitrogen and oxygen atoms in total. The van der Waals surface area contributed by atoms with E-state index in [1.807, 2.05) is 50.2 Å². The highest BCUT2D eigenvalue weighted by molar-refractivity contribution is 9.10. The lowest BCUT2D eigenvalue weighted by Gasteiger charge is -2.29. The van der Waals surface area contributed by atoms with Crippen molar-refractivity contribution >= 4 is 40.8 Å². The molecule has 2 aromatic carbocycles. The van der Waals surface area contributed by atoms with Crippen LogP contribution in [0.4, 0.5) is 5.69 Å². The molecule has 2 aromatic rings. The molecule has 0 aromatic heterocycles. The minimum Gasteiger partial charge on any atom is -0.368 e. The van der Waals surface area contributed by atoms with Gasteiger partial charge in [-0.1, -0.05) is 53.5 Å². The highest BCUT2D eigenvalue weighted by atomic mass is 79.9. The second-order valence-electron chi connectivity index (χ2n) is 5.81. The summed E-state index contributed by atoms with van der Waals surface area (Å²) in [5.74, 6) is -0.616. The molecule has 1 N–H and O–H groups in total. The van der Waals surface area contributed by atoms with Crippen molar-refractivity contribution in [3.63, 3.8) is 0 Å². The van der Waals surface area contributed by atoms with Crippen LogP contribution in [0.1, 0.15) is 38.0 Å². The van der Waals surface area contributed by atoms with Crippen LogP contribution < -0.4 is 5.32 Å². The Morgan fingerprint density at radius 1 is 1.00 bits per heavy atom. The van der Waals surface area contributed by atoms with Gasteiger partial charge in [0.25, 0.3) is 0 Å². The number of anilines is 1. The Labute approximate surface area is 168 Å². The lowest BCUT2D eigenvalue weighted by atomic mass is 10.2.